The third-order valence-electron chi connectivity index (χ3n) is 5.06. The predicted molar refractivity (Wildman–Crippen MR) is 122 cm³/mol. The Bertz CT molecular complexity index is 1390. The van der Waals surface area contributed by atoms with Gasteiger partial charge in [-0.2, -0.15) is 0 Å². The molecule has 0 bridgehead atoms. The third kappa shape index (κ3) is 3.07. The fraction of sp³-hybridized carbons (Fsp3) is 0. The highest BCUT2D eigenvalue weighted by Gasteiger charge is 2.18. The first kappa shape index (κ1) is 17.9. The van der Waals surface area contributed by atoms with Gasteiger partial charge >= 0.3 is 0 Å². The zero-order chi connectivity index (χ0) is 20.0. The smallest absolute Gasteiger partial charge is 0.258 e. The molecule has 0 N–H and O–H groups in total. The summed E-state index contributed by atoms with van der Waals surface area (Å²) >= 11 is 7.75. The molecule has 0 atom stereocenters. The molecule has 0 spiro atoms. The van der Waals surface area contributed by atoms with E-state index in [4.69, 9.17) is 11.6 Å². The molecule has 0 amide bonds. The van der Waals surface area contributed by atoms with Crippen molar-refractivity contribution in [3.05, 3.63) is 100 Å². The van der Waals surface area contributed by atoms with Gasteiger partial charge in [0.05, 0.1) is 10.5 Å². The predicted octanol–water partition coefficient (Wildman–Crippen LogP) is 7.95. The zero-order valence-corrected chi connectivity index (χ0v) is 16.7. The van der Waals surface area contributed by atoms with E-state index in [1.807, 2.05) is 42.5 Å². The van der Waals surface area contributed by atoms with Crippen LogP contribution in [0.5, 0.6) is 0 Å². The number of hydrogen-bond acceptors (Lipinski definition) is 3. The first-order valence-corrected chi connectivity index (χ1v) is 10.3. The topological polar surface area (TPSA) is 43.1 Å². The largest absolute Gasteiger partial charge is 0.277 e. The van der Waals surface area contributed by atoms with Gasteiger partial charge in [0.15, 0.2) is 0 Å². The van der Waals surface area contributed by atoms with Crippen LogP contribution in [-0.2, 0) is 0 Å². The summed E-state index contributed by atoms with van der Waals surface area (Å²) in [6.07, 6.45) is 0. The minimum absolute atomic E-state index is 0.0830. The molecule has 5 rings (SSSR count). The summed E-state index contributed by atoms with van der Waals surface area (Å²) in [5.74, 6) is 0. The summed E-state index contributed by atoms with van der Waals surface area (Å²) in [7, 11) is 0. The summed E-state index contributed by atoms with van der Waals surface area (Å²) in [5.41, 5.74) is 3.47. The van der Waals surface area contributed by atoms with Crippen LogP contribution in [0.4, 0.5) is 5.69 Å². The Morgan fingerprint density at radius 3 is 2.28 bits per heavy atom. The first-order valence-electron chi connectivity index (χ1n) is 9.07. The Morgan fingerprint density at radius 2 is 1.48 bits per heavy atom. The number of hydrogen-bond donors (Lipinski definition) is 0. The van der Waals surface area contributed by atoms with E-state index >= 15 is 0 Å². The standard InChI is InChI=1S/C24H14ClNO2S/c25-17-11-8-15(9-12-17)21-14-16(10-13-22(21)26(27)28)18-5-3-6-20-19-4-1-2-7-23(19)29-24(18)20/h1-14H. The van der Waals surface area contributed by atoms with E-state index in [0.29, 0.717) is 10.6 Å². The number of benzene rings is 4. The first-order chi connectivity index (χ1) is 14.1. The van der Waals surface area contributed by atoms with Gasteiger partial charge in [-0.1, -0.05) is 60.1 Å². The molecule has 29 heavy (non-hydrogen) atoms. The van der Waals surface area contributed by atoms with E-state index in [2.05, 4.69) is 24.3 Å². The number of rotatable bonds is 3. The quantitative estimate of drug-likeness (QED) is 0.221. The molecule has 5 aromatic rings. The summed E-state index contributed by atoms with van der Waals surface area (Å²) in [6, 6.07) is 27.0. The number of nitro benzene ring substituents is 1. The molecule has 1 heterocycles. The van der Waals surface area contributed by atoms with Crippen LogP contribution < -0.4 is 0 Å². The van der Waals surface area contributed by atoms with Crippen LogP contribution in [0.2, 0.25) is 5.02 Å². The molecule has 0 aliphatic carbocycles. The number of nitrogens with zero attached hydrogens (tertiary/aromatic N) is 1. The Hall–Kier alpha value is -3.21. The average molecular weight is 416 g/mol. The van der Waals surface area contributed by atoms with E-state index in [-0.39, 0.29) is 10.6 Å². The van der Waals surface area contributed by atoms with Gasteiger partial charge in [0.1, 0.15) is 0 Å². The molecule has 0 aliphatic heterocycles. The minimum atomic E-state index is -0.340. The van der Waals surface area contributed by atoms with E-state index in [9.17, 15) is 10.1 Å². The molecule has 0 aliphatic rings. The Morgan fingerprint density at radius 1 is 0.759 bits per heavy atom. The van der Waals surface area contributed by atoms with E-state index < -0.39 is 0 Å². The fourth-order valence-electron chi connectivity index (χ4n) is 3.70. The van der Waals surface area contributed by atoms with Crippen molar-refractivity contribution >= 4 is 48.8 Å². The molecular weight excluding hydrogens is 402 g/mol. The summed E-state index contributed by atoms with van der Waals surface area (Å²) in [4.78, 5) is 11.3. The molecule has 5 heteroatoms. The Kier molecular flexibility index (Phi) is 4.31. The van der Waals surface area contributed by atoms with Crippen molar-refractivity contribution in [2.24, 2.45) is 0 Å². The van der Waals surface area contributed by atoms with Crippen LogP contribution in [0.1, 0.15) is 0 Å². The Labute approximate surface area is 176 Å². The van der Waals surface area contributed by atoms with Gasteiger partial charge in [0.2, 0.25) is 0 Å². The molecule has 0 fully saturated rings. The maximum atomic E-state index is 11.6. The fourth-order valence-corrected chi connectivity index (χ4v) is 5.06. The maximum Gasteiger partial charge on any atom is 0.277 e. The number of thiophene rings is 1. The SMILES string of the molecule is O=[N+]([O-])c1ccc(-c2cccc3c2sc2ccccc23)cc1-c1ccc(Cl)cc1. The summed E-state index contributed by atoms with van der Waals surface area (Å²) < 4.78 is 2.42. The van der Waals surface area contributed by atoms with Crippen LogP contribution in [0.15, 0.2) is 84.9 Å². The lowest BCUT2D eigenvalue weighted by Crippen LogP contribution is -1.93. The number of fused-ring (bicyclic) bond motifs is 3. The lowest BCUT2D eigenvalue weighted by molar-refractivity contribution is -0.384. The molecule has 0 unspecified atom stereocenters. The van der Waals surface area contributed by atoms with Crippen molar-refractivity contribution in [1.82, 2.24) is 0 Å². The van der Waals surface area contributed by atoms with Gasteiger partial charge in [0, 0.05) is 31.3 Å². The summed E-state index contributed by atoms with van der Waals surface area (Å²) in [5, 5.41) is 14.7. The highest BCUT2D eigenvalue weighted by molar-refractivity contribution is 7.26. The zero-order valence-electron chi connectivity index (χ0n) is 15.1. The van der Waals surface area contributed by atoms with Gasteiger partial charge in [-0.25, -0.2) is 0 Å². The monoisotopic (exact) mass is 415 g/mol. The molecule has 0 radical (unpaired) electrons. The van der Waals surface area contributed by atoms with Gasteiger partial charge in [0.25, 0.3) is 5.69 Å². The molecular formula is C24H14ClNO2S. The average Bonchev–Trinajstić information content (AvgIpc) is 3.12. The van der Waals surface area contributed by atoms with Gasteiger partial charge in [-0.15, -0.1) is 11.3 Å². The maximum absolute atomic E-state index is 11.6. The molecule has 3 nitrogen and oxygen atoms in total. The minimum Gasteiger partial charge on any atom is -0.258 e. The second kappa shape index (κ2) is 6.99. The van der Waals surface area contributed by atoms with Gasteiger partial charge in [-0.3, -0.25) is 10.1 Å². The van der Waals surface area contributed by atoms with Crippen LogP contribution in [-0.4, -0.2) is 4.92 Å². The highest BCUT2D eigenvalue weighted by atomic mass is 35.5. The lowest BCUT2D eigenvalue weighted by atomic mass is 9.96. The Balaban J connectivity index is 1.76. The van der Waals surface area contributed by atoms with E-state index in [1.165, 1.54) is 20.2 Å². The number of nitro groups is 1. The molecule has 4 aromatic carbocycles. The highest BCUT2D eigenvalue weighted by Crippen LogP contribution is 2.42. The second-order valence-corrected chi connectivity index (χ2v) is 8.27. The van der Waals surface area contributed by atoms with Gasteiger partial charge in [-0.05, 0) is 47.0 Å². The van der Waals surface area contributed by atoms with E-state index in [1.54, 1.807) is 29.5 Å². The van der Waals surface area contributed by atoms with Crippen LogP contribution in [0, 0.1) is 10.1 Å². The van der Waals surface area contributed by atoms with Crippen molar-refractivity contribution in [2.75, 3.05) is 0 Å². The van der Waals surface area contributed by atoms with E-state index in [0.717, 1.165) is 16.7 Å². The third-order valence-corrected chi connectivity index (χ3v) is 6.54. The van der Waals surface area contributed by atoms with Crippen molar-refractivity contribution < 1.29 is 4.92 Å². The second-order valence-electron chi connectivity index (χ2n) is 6.78. The van der Waals surface area contributed by atoms with Gasteiger partial charge < -0.3 is 0 Å². The van der Waals surface area contributed by atoms with Crippen LogP contribution in [0.25, 0.3) is 42.4 Å². The summed E-state index contributed by atoms with van der Waals surface area (Å²) in [6.45, 7) is 0. The normalized spacial score (nSPS) is 11.2. The molecule has 0 saturated carbocycles. The molecule has 1 aromatic heterocycles. The van der Waals surface area contributed by atoms with Crippen molar-refractivity contribution in [3.63, 3.8) is 0 Å². The van der Waals surface area contributed by atoms with Crippen LogP contribution >= 0.6 is 22.9 Å². The van der Waals surface area contributed by atoms with Crippen molar-refractivity contribution in [1.29, 1.82) is 0 Å². The van der Waals surface area contributed by atoms with Crippen LogP contribution in [0.3, 0.4) is 0 Å². The molecule has 140 valence electrons. The van der Waals surface area contributed by atoms with Crippen molar-refractivity contribution in [3.8, 4) is 22.3 Å². The number of halogens is 1. The molecule has 0 saturated heterocycles. The lowest BCUT2D eigenvalue weighted by Gasteiger charge is -2.09. The van der Waals surface area contributed by atoms with Crippen molar-refractivity contribution in [2.45, 2.75) is 0 Å².